The van der Waals surface area contributed by atoms with Gasteiger partial charge in [0.15, 0.2) is 17.5 Å². The molecule has 4 N–H and O–H groups in total. The number of nitrogens with two attached hydrogens (primary N) is 1. The number of hydrogen-bond donors (Lipinski definition) is 3. The van der Waals surface area contributed by atoms with E-state index in [1.54, 1.807) is 0 Å². The molecule has 1 aromatic carbocycles. The Morgan fingerprint density at radius 3 is 2.21 bits per heavy atom. The highest BCUT2D eigenvalue weighted by molar-refractivity contribution is 5.79. The largest absolute Gasteiger partial charge is 0.368 e. The second-order valence-corrected chi connectivity index (χ2v) is 2.33. The predicted octanol–water partition coefficient (Wildman–Crippen LogP) is 1.03. The van der Waals surface area contributed by atoms with E-state index in [1.165, 1.54) is 5.48 Å². The first kappa shape index (κ1) is 10.3. The quantitative estimate of drug-likeness (QED) is 0.277. The third kappa shape index (κ3) is 2.13. The highest BCUT2D eigenvalue weighted by Crippen LogP contribution is 2.19. The number of hydroxylamine groups is 1. The van der Waals surface area contributed by atoms with Crippen molar-refractivity contribution in [1.29, 1.82) is 0 Å². The van der Waals surface area contributed by atoms with Crippen LogP contribution in [0.25, 0.3) is 0 Å². The molecule has 4 nitrogen and oxygen atoms in total. The summed E-state index contributed by atoms with van der Waals surface area (Å²) < 4.78 is 37.6. The lowest BCUT2D eigenvalue weighted by molar-refractivity contribution is 0.233. The fraction of sp³-hybridized carbons (Fsp3) is 0. The zero-order valence-electron chi connectivity index (χ0n) is 6.76. The third-order valence-corrected chi connectivity index (χ3v) is 1.33. The second kappa shape index (κ2) is 3.97. The average molecular weight is 205 g/mol. The number of halogens is 3. The lowest BCUT2D eigenvalue weighted by Crippen LogP contribution is -2.27. The SMILES string of the molecule is NC(=Nc1cc(F)c(F)c(F)c1)NO. The summed E-state index contributed by atoms with van der Waals surface area (Å²) in [5.41, 5.74) is 6.20. The Hall–Kier alpha value is -1.76. The number of nitrogens with one attached hydrogen (secondary N) is 1. The van der Waals surface area contributed by atoms with Crippen molar-refractivity contribution in [2.45, 2.75) is 0 Å². The van der Waals surface area contributed by atoms with Gasteiger partial charge in [-0.15, -0.1) is 0 Å². The van der Waals surface area contributed by atoms with Crippen molar-refractivity contribution in [2.24, 2.45) is 10.7 Å². The summed E-state index contributed by atoms with van der Waals surface area (Å²) in [4.78, 5) is 3.33. The van der Waals surface area contributed by atoms with Crippen LogP contribution < -0.4 is 11.2 Å². The Bertz CT molecular complexity index is 357. The summed E-state index contributed by atoms with van der Waals surface area (Å²) in [5, 5.41) is 8.22. The Morgan fingerprint density at radius 2 is 1.79 bits per heavy atom. The van der Waals surface area contributed by atoms with Gasteiger partial charge in [0, 0.05) is 12.1 Å². The number of benzene rings is 1. The molecule has 7 heteroatoms. The van der Waals surface area contributed by atoms with Gasteiger partial charge in [0.2, 0.25) is 5.96 Å². The predicted molar refractivity (Wildman–Crippen MR) is 42.5 cm³/mol. The zero-order valence-corrected chi connectivity index (χ0v) is 6.76. The smallest absolute Gasteiger partial charge is 0.218 e. The van der Waals surface area contributed by atoms with Crippen LogP contribution in [0.2, 0.25) is 0 Å². The molecule has 0 spiro atoms. The van der Waals surface area contributed by atoms with Crippen molar-refractivity contribution in [2.75, 3.05) is 0 Å². The molecule has 0 unspecified atom stereocenters. The van der Waals surface area contributed by atoms with Crippen LogP contribution in [0.15, 0.2) is 17.1 Å². The van der Waals surface area contributed by atoms with E-state index in [-0.39, 0.29) is 5.69 Å². The topological polar surface area (TPSA) is 70.6 Å². The molecule has 14 heavy (non-hydrogen) atoms. The summed E-state index contributed by atoms with van der Waals surface area (Å²) in [6.45, 7) is 0. The molecule has 0 aliphatic heterocycles. The highest BCUT2D eigenvalue weighted by atomic mass is 19.2. The van der Waals surface area contributed by atoms with Crippen molar-refractivity contribution < 1.29 is 18.4 Å². The van der Waals surface area contributed by atoms with Crippen molar-refractivity contribution in [1.82, 2.24) is 5.48 Å². The van der Waals surface area contributed by atoms with Crippen molar-refractivity contribution in [3.8, 4) is 0 Å². The van der Waals surface area contributed by atoms with Gasteiger partial charge in [-0.2, -0.15) is 0 Å². The van der Waals surface area contributed by atoms with Gasteiger partial charge < -0.3 is 5.73 Å². The van der Waals surface area contributed by atoms with Crippen LogP contribution in [0.1, 0.15) is 0 Å². The van der Waals surface area contributed by atoms with Crippen molar-refractivity contribution in [3.05, 3.63) is 29.6 Å². The number of rotatable bonds is 1. The van der Waals surface area contributed by atoms with Gasteiger partial charge in [0.1, 0.15) is 0 Å². The third-order valence-electron chi connectivity index (χ3n) is 1.33. The summed E-state index contributed by atoms with van der Waals surface area (Å²) in [7, 11) is 0. The zero-order chi connectivity index (χ0) is 10.7. The molecule has 0 fully saturated rings. The second-order valence-electron chi connectivity index (χ2n) is 2.33. The van der Waals surface area contributed by atoms with Crippen LogP contribution in [0.3, 0.4) is 0 Å². The number of guanidine groups is 1. The van der Waals surface area contributed by atoms with Crippen LogP contribution in [-0.4, -0.2) is 11.2 Å². The Labute approximate surface area is 76.8 Å². The summed E-state index contributed by atoms with van der Waals surface area (Å²) in [6.07, 6.45) is 0. The minimum Gasteiger partial charge on any atom is -0.368 e. The van der Waals surface area contributed by atoms with Crippen LogP contribution >= 0.6 is 0 Å². The summed E-state index contributed by atoms with van der Waals surface area (Å²) in [6, 6.07) is 1.28. The summed E-state index contributed by atoms with van der Waals surface area (Å²) >= 11 is 0. The maximum absolute atomic E-state index is 12.6. The van der Waals surface area contributed by atoms with Gasteiger partial charge >= 0.3 is 0 Å². The first-order valence-electron chi connectivity index (χ1n) is 3.43. The molecule has 0 aliphatic rings. The Morgan fingerprint density at radius 1 is 1.29 bits per heavy atom. The Balaban J connectivity index is 3.13. The molecule has 0 amide bonds. The lowest BCUT2D eigenvalue weighted by Gasteiger charge is -1.99. The molecule has 0 heterocycles. The molecule has 1 rings (SSSR count). The van der Waals surface area contributed by atoms with E-state index in [0.717, 1.165) is 0 Å². The summed E-state index contributed by atoms with van der Waals surface area (Å²) in [5.74, 6) is -4.81. The molecule has 0 saturated carbocycles. The number of aliphatic imine (C=N–C) groups is 1. The van der Waals surface area contributed by atoms with E-state index in [9.17, 15) is 13.2 Å². The van der Waals surface area contributed by atoms with Crippen LogP contribution in [0.5, 0.6) is 0 Å². The van der Waals surface area contributed by atoms with Gasteiger partial charge in [-0.3, -0.25) is 5.21 Å². The fourth-order valence-electron chi connectivity index (χ4n) is 0.771. The van der Waals surface area contributed by atoms with E-state index >= 15 is 0 Å². The number of hydrogen-bond acceptors (Lipinski definition) is 2. The van der Waals surface area contributed by atoms with E-state index in [4.69, 9.17) is 10.9 Å². The standard InChI is InChI=1S/C7H6F3N3O/c8-4-1-3(12-7(11)13-14)2-5(9)6(4)10/h1-2,14H,(H3,11,12,13). The number of nitrogens with zero attached hydrogens (tertiary/aromatic N) is 1. The maximum Gasteiger partial charge on any atom is 0.218 e. The Kier molecular flexibility index (Phi) is 2.92. The molecule has 0 aliphatic carbocycles. The first-order valence-corrected chi connectivity index (χ1v) is 3.43. The van der Waals surface area contributed by atoms with E-state index in [0.29, 0.717) is 12.1 Å². The molecule has 76 valence electrons. The molecule has 0 radical (unpaired) electrons. The molecule has 0 bridgehead atoms. The van der Waals surface area contributed by atoms with Crippen LogP contribution in [0, 0.1) is 17.5 Å². The minimum absolute atomic E-state index is 0.250. The fourth-order valence-corrected chi connectivity index (χ4v) is 0.771. The molecule has 0 aromatic heterocycles. The van der Waals surface area contributed by atoms with Crippen LogP contribution in [-0.2, 0) is 0 Å². The van der Waals surface area contributed by atoms with Crippen molar-refractivity contribution in [3.63, 3.8) is 0 Å². The molecule has 0 atom stereocenters. The maximum atomic E-state index is 12.6. The van der Waals surface area contributed by atoms with E-state index in [1.807, 2.05) is 0 Å². The van der Waals surface area contributed by atoms with E-state index in [2.05, 4.69) is 4.99 Å². The monoisotopic (exact) mass is 205 g/mol. The minimum atomic E-state index is -1.58. The van der Waals surface area contributed by atoms with E-state index < -0.39 is 23.4 Å². The lowest BCUT2D eigenvalue weighted by atomic mass is 10.3. The molecular formula is C7H6F3N3O. The molecular weight excluding hydrogens is 199 g/mol. The van der Waals surface area contributed by atoms with Crippen molar-refractivity contribution >= 4 is 11.6 Å². The van der Waals surface area contributed by atoms with Crippen LogP contribution in [0.4, 0.5) is 18.9 Å². The normalized spacial score (nSPS) is 11.6. The van der Waals surface area contributed by atoms with Gasteiger partial charge in [-0.05, 0) is 0 Å². The van der Waals surface area contributed by atoms with Gasteiger partial charge in [0.25, 0.3) is 0 Å². The highest BCUT2D eigenvalue weighted by Gasteiger charge is 2.09. The van der Waals surface area contributed by atoms with Gasteiger partial charge in [0.05, 0.1) is 5.69 Å². The molecule has 0 saturated heterocycles. The van der Waals surface area contributed by atoms with Gasteiger partial charge in [-0.1, -0.05) is 0 Å². The first-order chi connectivity index (χ1) is 6.54. The van der Waals surface area contributed by atoms with Gasteiger partial charge in [-0.25, -0.2) is 23.6 Å². The average Bonchev–Trinajstić information content (AvgIpc) is 2.14. The molecule has 1 aromatic rings.